The number of ether oxygens (including phenoxy) is 2. The lowest BCUT2D eigenvalue weighted by Gasteiger charge is -2.16. The van der Waals surface area contributed by atoms with Crippen LogP contribution in [0.4, 0.5) is 17.8 Å². The highest BCUT2D eigenvalue weighted by atomic mass is 16.5. The van der Waals surface area contributed by atoms with Crippen LogP contribution in [-0.4, -0.2) is 54.5 Å². The van der Waals surface area contributed by atoms with E-state index >= 15 is 0 Å². The van der Waals surface area contributed by atoms with Gasteiger partial charge in [0.2, 0.25) is 17.8 Å². The Labute approximate surface area is 200 Å². The monoisotopic (exact) mass is 463 g/mol. The molecule has 5 N–H and O–H groups in total. The molecule has 34 heavy (non-hydrogen) atoms. The maximum Gasteiger partial charge on any atom is 0.229 e. The maximum atomic E-state index is 5.58. The summed E-state index contributed by atoms with van der Waals surface area (Å²) in [5.74, 6) is 1.57. The minimum atomic E-state index is 0.185. The zero-order chi connectivity index (χ0) is 23.4. The minimum absolute atomic E-state index is 0.185. The Morgan fingerprint density at radius 2 is 1.50 bits per heavy atom. The smallest absolute Gasteiger partial charge is 0.229 e. The zero-order valence-corrected chi connectivity index (χ0v) is 19.4. The van der Waals surface area contributed by atoms with E-state index in [1.54, 1.807) is 0 Å². The fourth-order valence-electron chi connectivity index (χ4n) is 3.88. The largest absolute Gasteiger partial charge is 0.378 e. The number of aryl methyl sites for hydroxylation is 1. The molecule has 0 saturated heterocycles. The van der Waals surface area contributed by atoms with E-state index in [4.69, 9.17) is 15.2 Å². The highest BCUT2D eigenvalue weighted by Gasteiger charge is 2.23. The lowest BCUT2D eigenvalue weighted by molar-refractivity contribution is 0.0547. The van der Waals surface area contributed by atoms with Crippen molar-refractivity contribution in [3.63, 3.8) is 0 Å². The van der Waals surface area contributed by atoms with Crippen LogP contribution in [0.1, 0.15) is 29.2 Å². The molecule has 1 atom stereocenters. The molecule has 1 heterocycles. The summed E-state index contributed by atoms with van der Waals surface area (Å²) in [4.78, 5) is 13.8. The van der Waals surface area contributed by atoms with Gasteiger partial charge in [0.15, 0.2) is 0 Å². The van der Waals surface area contributed by atoms with Gasteiger partial charge in [-0.25, -0.2) is 0 Å². The molecule has 0 saturated carbocycles. The molecule has 1 aliphatic carbocycles. The highest BCUT2D eigenvalue weighted by molar-refractivity contribution is 5.46. The number of rotatable bonds is 14. The first-order valence-electron chi connectivity index (χ1n) is 11.8. The quantitative estimate of drug-likeness (QED) is 0.267. The molecule has 0 fully saturated rings. The molecule has 3 aromatic rings. The summed E-state index contributed by atoms with van der Waals surface area (Å²) in [5, 5.41) is 10.1. The number of nitrogens with two attached hydrogens (primary N) is 1. The van der Waals surface area contributed by atoms with E-state index in [1.807, 2.05) is 18.2 Å². The van der Waals surface area contributed by atoms with E-state index in [9.17, 15) is 0 Å². The van der Waals surface area contributed by atoms with Crippen LogP contribution in [0.2, 0.25) is 0 Å². The Morgan fingerprint density at radius 3 is 2.32 bits per heavy atom. The van der Waals surface area contributed by atoms with Gasteiger partial charge in [-0.15, -0.1) is 0 Å². The molecule has 1 aromatic heterocycles. The van der Waals surface area contributed by atoms with Gasteiger partial charge >= 0.3 is 0 Å². The Bertz CT molecular complexity index is 1020. The number of hydrogen-bond acceptors (Lipinski definition) is 9. The molecule has 0 bridgehead atoms. The molecule has 0 radical (unpaired) electrons. The summed E-state index contributed by atoms with van der Waals surface area (Å²) in [7, 11) is 0. The average molecular weight is 464 g/mol. The third kappa shape index (κ3) is 7.11. The second-order valence-corrected chi connectivity index (χ2v) is 8.02. The van der Waals surface area contributed by atoms with E-state index in [2.05, 4.69) is 67.3 Å². The summed E-state index contributed by atoms with van der Waals surface area (Å²) in [6.07, 6.45) is 2.07. The van der Waals surface area contributed by atoms with Crippen molar-refractivity contribution < 1.29 is 9.47 Å². The van der Waals surface area contributed by atoms with E-state index in [0.29, 0.717) is 63.9 Å². The van der Waals surface area contributed by atoms with Crippen LogP contribution in [0, 0.1) is 0 Å². The van der Waals surface area contributed by atoms with Crippen molar-refractivity contribution in [2.75, 3.05) is 55.5 Å². The number of aromatic nitrogens is 3. The average Bonchev–Trinajstić information content (AvgIpc) is 3.28. The van der Waals surface area contributed by atoms with Crippen molar-refractivity contribution in [2.45, 2.75) is 25.4 Å². The third-order valence-electron chi connectivity index (χ3n) is 5.53. The van der Waals surface area contributed by atoms with Gasteiger partial charge in [0.1, 0.15) is 0 Å². The van der Waals surface area contributed by atoms with Gasteiger partial charge in [-0.3, -0.25) is 0 Å². The first-order valence-corrected chi connectivity index (χ1v) is 11.8. The zero-order valence-electron chi connectivity index (χ0n) is 19.4. The topological polar surface area (TPSA) is 119 Å². The van der Waals surface area contributed by atoms with Crippen LogP contribution < -0.4 is 21.7 Å². The molecule has 0 spiro atoms. The van der Waals surface area contributed by atoms with Gasteiger partial charge in [0.05, 0.1) is 32.5 Å². The molecule has 180 valence electrons. The normalized spacial score (nSPS) is 14.6. The third-order valence-corrected chi connectivity index (χ3v) is 5.53. The van der Waals surface area contributed by atoms with Crippen molar-refractivity contribution in [1.29, 1.82) is 0 Å². The van der Waals surface area contributed by atoms with E-state index in [-0.39, 0.29) is 6.04 Å². The van der Waals surface area contributed by atoms with Crippen molar-refractivity contribution in [2.24, 2.45) is 5.73 Å². The number of nitrogens with one attached hydrogen (secondary N) is 3. The standard InChI is InChI=1S/C25H33N7O2/c26-12-14-33-16-17-34-15-13-27-23-30-24(28-18-19-6-2-1-3-7-19)32-25(31-23)29-22-11-10-20-8-4-5-9-21(20)22/h1-9,22H,10-18,26H2,(H3,27,28,29,30,31,32). The molecule has 0 amide bonds. The Hall–Kier alpha value is -3.27. The lowest BCUT2D eigenvalue weighted by Crippen LogP contribution is -2.18. The van der Waals surface area contributed by atoms with Gasteiger partial charge < -0.3 is 31.2 Å². The van der Waals surface area contributed by atoms with Gasteiger partial charge in [-0.1, -0.05) is 54.6 Å². The molecule has 1 aliphatic rings. The van der Waals surface area contributed by atoms with Crippen molar-refractivity contribution in [3.05, 3.63) is 71.3 Å². The van der Waals surface area contributed by atoms with Crippen LogP contribution in [-0.2, 0) is 22.4 Å². The summed E-state index contributed by atoms with van der Waals surface area (Å²) in [6.45, 7) is 3.84. The maximum absolute atomic E-state index is 5.58. The number of hydrogen-bond donors (Lipinski definition) is 4. The van der Waals surface area contributed by atoms with E-state index in [0.717, 1.165) is 18.4 Å². The lowest BCUT2D eigenvalue weighted by atomic mass is 10.1. The second kappa shape index (κ2) is 12.8. The summed E-state index contributed by atoms with van der Waals surface area (Å²) in [5.41, 5.74) is 9.24. The molecule has 1 unspecified atom stereocenters. The molecule has 9 heteroatoms. The van der Waals surface area contributed by atoms with E-state index in [1.165, 1.54) is 11.1 Å². The highest BCUT2D eigenvalue weighted by Crippen LogP contribution is 2.33. The van der Waals surface area contributed by atoms with Gasteiger partial charge in [0.25, 0.3) is 0 Å². The minimum Gasteiger partial charge on any atom is -0.378 e. The van der Waals surface area contributed by atoms with E-state index < -0.39 is 0 Å². The van der Waals surface area contributed by atoms with Crippen molar-refractivity contribution in [1.82, 2.24) is 15.0 Å². The first-order chi connectivity index (χ1) is 16.8. The second-order valence-electron chi connectivity index (χ2n) is 8.02. The first kappa shape index (κ1) is 23.9. The van der Waals surface area contributed by atoms with Crippen LogP contribution >= 0.6 is 0 Å². The predicted octanol–water partition coefficient (Wildman–Crippen LogP) is 2.99. The fraction of sp³-hybridized carbons (Fsp3) is 0.400. The number of benzene rings is 2. The van der Waals surface area contributed by atoms with Crippen LogP contribution in [0.25, 0.3) is 0 Å². The number of nitrogens with zero attached hydrogens (tertiary/aromatic N) is 3. The Balaban J connectivity index is 1.38. The van der Waals surface area contributed by atoms with Crippen LogP contribution in [0.15, 0.2) is 54.6 Å². The van der Waals surface area contributed by atoms with Crippen molar-refractivity contribution >= 4 is 17.8 Å². The van der Waals surface area contributed by atoms with Crippen molar-refractivity contribution in [3.8, 4) is 0 Å². The van der Waals surface area contributed by atoms with Crippen LogP contribution in [0.5, 0.6) is 0 Å². The summed E-state index contributed by atoms with van der Waals surface area (Å²) in [6, 6.07) is 18.9. The van der Waals surface area contributed by atoms with Crippen LogP contribution in [0.3, 0.4) is 0 Å². The molecule has 0 aliphatic heterocycles. The summed E-state index contributed by atoms with van der Waals surface area (Å²) < 4.78 is 10.9. The molecular formula is C25H33N7O2. The molecule has 4 rings (SSSR count). The number of fused-ring (bicyclic) bond motifs is 1. The predicted molar refractivity (Wildman–Crippen MR) is 134 cm³/mol. The van der Waals surface area contributed by atoms with Gasteiger partial charge in [-0.2, -0.15) is 15.0 Å². The van der Waals surface area contributed by atoms with Gasteiger partial charge in [-0.05, 0) is 29.5 Å². The fourth-order valence-corrected chi connectivity index (χ4v) is 3.88. The molecule has 9 nitrogen and oxygen atoms in total. The Morgan fingerprint density at radius 1 is 0.794 bits per heavy atom. The van der Waals surface area contributed by atoms with Gasteiger partial charge in [0, 0.05) is 19.6 Å². The molecule has 2 aromatic carbocycles. The number of anilines is 3. The SMILES string of the molecule is NCCOCCOCCNc1nc(NCc2ccccc2)nc(NC2CCc3ccccc32)n1. The Kier molecular flexibility index (Phi) is 9.01. The summed E-state index contributed by atoms with van der Waals surface area (Å²) >= 11 is 0. The molecular weight excluding hydrogens is 430 g/mol.